The Morgan fingerprint density at radius 3 is 2.58 bits per heavy atom. The fourth-order valence-corrected chi connectivity index (χ4v) is 4.09. The van der Waals surface area contributed by atoms with E-state index in [1.165, 1.54) is 7.11 Å². The molecule has 1 aromatic heterocycles. The van der Waals surface area contributed by atoms with E-state index < -0.39 is 12.0 Å². The van der Waals surface area contributed by atoms with Crippen LogP contribution in [0.5, 0.6) is 0 Å². The van der Waals surface area contributed by atoms with Crippen LogP contribution in [0.1, 0.15) is 29.7 Å². The van der Waals surface area contributed by atoms with E-state index in [1.54, 1.807) is 0 Å². The highest BCUT2D eigenvalue weighted by molar-refractivity contribution is 7.80. The van der Waals surface area contributed by atoms with Crippen molar-refractivity contribution in [1.29, 1.82) is 0 Å². The lowest BCUT2D eigenvalue weighted by molar-refractivity contribution is -0.136. The van der Waals surface area contributed by atoms with Crippen LogP contribution in [-0.4, -0.2) is 28.0 Å². The summed E-state index contributed by atoms with van der Waals surface area (Å²) in [6.07, 6.45) is 1.95. The van der Waals surface area contributed by atoms with E-state index >= 15 is 0 Å². The molecule has 2 N–H and O–H groups in total. The fraction of sp³-hybridized carbons (Fsp3) is 0.208. The van der Waals surface area contributed by atoms with E-state index in [0.29, 0.717) is 16.4 Å². The molecule has 3 aromatic rings. The molecule has 0 fully saturated rings. The molecule has 2 aromatic carbocycles. The topological polar surface area (TPSA) is 68.2 Å². The van der Waals surface area contributed by atoms with Gasteiger partial charge < -0.3 is 15.4 Å². The number of rotatable bonds is 4. The fourth-order valence-electron chi connectivity index (χ4n) is 3.82. The lowest BCUT2D eigenvalue weighted by Crippen LogP contribution is -2.45. The van der Waals surface area contributed by atoms with Gasteiger partial charge in [-0.15, -0.1) is 0 Å². The number of methoxy groups -OCH3 is 1. The maximum atomic E-state index is 12.7. The Balaban J connectivity index is 1.97. The molecule has 4 rings (SSSR count). The molecule has 0 aliphatic carbocycles. The number of hydrogen-bond acceptors (Lipinski definition) is 4. The number of ether oxygens (including phenoxy) is 1. The van der Waals surface area contributed by atoms with E-state index in [4.69, 9.17) is 22.1 Å². The number of carbonyl (C=O) groups is 1. The second-order valence-corrected chi connectivity index (χ2v) is 8.00. The molecule has 6 nitrogen and oxygen atoms in total. The molecule has 1 aliphatic rings. The third kappa shape index (κ3) is 3.96. The van der Waals surface area contributed by atoms with Gasteiger partial charge in [0.1, 0.15) is 0 Å². The second-order valence-electron chi connectivity index (χ2n) is 7.59. The van der Waals surface area contributed by atoms with E-state index in [2.05, 4.69) is 42.7 Å². The van der Waals surface area contributed by atoms with E-state index in [1.807, 2.05) is 48.1 Å². The van der Waals surface area contributed by atoms with Gasteiger partial charge in [-0.25, -0.2) is 9.48 Å². The Labute approximate surface area is 186 Å². The number of nitrogens with one attached hydrogen (secondary N) is 2. The van der Waals surface area contributed by atoms with Crippen LogP contribution < -0.4 is 10.6 Å². The number of carbonyl (C=O) groups excluding carboxylic acids is 1. The minimum absolute atomic E-state index is 0.413. The normalized spacial score (nSPS) is 16.0. The van der Waals surface area contributed by atoms with Gasteiger partial charge in [0, 0.05) is 23.0 Å². The lowest BCUT2D eigenvalue weighted by Gasteiger charge is -2.29. The molecule has 0 radical (unpaired) electrons. The van der Waals surface area contributed by atoms with Gasteiger partial charge in [0.2, 0.25) is 0 Å². The van der Waals surface area contributed by atoms with Crippen LogP contribution in [0.4, 0.5) is 0 Å². The number of aromatic nitrogens is 2. The summed E-state index contributed by atoms with van der Waals surface area (Å²) < 4.78 is 6.92. The number of para-hydroxylation sites is 1. The summed E-state index contributed by atoms with van der Waals surface area (Å²) in [7, 11) is 1.38. The van der Waals surface area contributed by atoms with Crippen molar-refractivity contribution in [2.45, 2.75) is 26.8 Å². The van der Waals surface area contributed by atoms with Crippen molar-refractivity contribution in [3.63, 3.8) is 0 Å². The van der Waals surface area contributed by atoms with Crippen LogP contribution in [0.25, 0.3) is 16.9 Å². The Hall–Kier alpha value is -3.45. The summed E-state index contributed by atoms with van der Waals surface area (Å²) in [5.41, 5.74) is 6.96. The Morgan fingerprint density at radius 1 is 1.13 bits per heavy atom. The first-order chi connectivity index (χ1) is 14.9. The number of esters is 1. The first-order valence-corrected chi connectivity index (χ1v) is 10.4. The zero-order valence-corrected chi connectivity index (χ0v) is 18.7. The molecule has 0 amide bonds. The zero-order valence-electron chi connectivity index (χ0n) is 17.9. The average molecular weight is 433 g/mol. The highest BCUT2D eigenvalue weighted by Gasteiger charge is 2.34. The molecule has 1 aliphatic heterocycles. The number of benzene rings is 2. The quantitative estimate of drug-likeness (QED) is 0.478. The number of aryl methyl sites for hydroxylation is 2. The van der Waals surface area contributed by atoms with Gasteiger partial charge in [0.05, 0.1) is 30.1 Å². The molecule has 7 heteroatoms. The molecular formula is C24H24N4O2S. The predicted octanol–water partition coefficient (Wildman–Crippen LogP) is 4.12. The van der Waals surface area contributed by atoms with Gasteiger partial charge in [0.25, 0.3) is 0 Å². The van der Waals surface area contributed by atoms with Crippen molar-refractivity contribution in [3.8, 4) is 16.9 Å². The monoisotopic (exact) mass is 432 g/mol. The molecule has 1 unspecified atom stereocenters. The predicted molar refractivity (Wildman–Crippen MR) is 125 cm³/mol. The summed E-state index contributed by atoms with van der Waals surface area (Å²) in [5, 5.41) is 11.7. The number of hydrogen-bond donors (Lipinski definition) is 2. The van der Waals surface area contributed by atoms with E-state index in [0.717, 1.165) is 33.6 Å². The van der Waals surface area contributed by atoms with Crippen LogP contribution >= 0.6 is 12.2 Å². The van der Waals surface area contributed by atoms with Crippen molar-refractivity contribution >= 4 is 23.3 Å². The van der Waals surface area contributed by atoms with E-state index in [-0.39, 0.29) is 0 Å². The second kappa shape index (κ2) is 8.35. The lowest BCUT2D eigenvalue weighted by atomic mass is 9.92. The maximum Gasteiger partial charge on any atom is 0.337 e. The molecule has 0 saturated heterocycles. The summed E-state index contributed by atoms with van der Waals surface area (Å²) in [6, 6.07) is 15.7. The maximum absolute atomic E-state index is 12.7. The molecule has 2 heterocycles. The van der Waals surface area contributed by atoms with Crippen molar-refractivity contribution in [3.05, 3.63) is 82.7 Å². The van der Waals surface area contributed by atoms with Crippen molar-refractivity contribution in [2.75, 3.05) is 7.11 Å². The van der Waals surface area contributed by atoms with Gasteiger partial charge in [0.15, 0.2) is 5.11 Å². The smallest absolute Gasteiger partial charge is 0.337 e. The largest absolute Gasteiger partial charge is 0.466 e. The Kier molecular flexibility index (Phi) is 5.61. The first-order valence-electron chi connectivity index (χ1n) is 9.98. The van der Waals surface area contributed by atoms with Crippen molar-refractivity contribution in [1.82, 2.24) is 20.4 Å². The number of allylic oxidation sites excluding steroid dienone is 1. The molecule has 158 valence electrons. The number of thiocarbonyl (C=S) groups is 1. The van der Waals surface area contributed by atoms with E-state index in [9.17, 15) is 4.79 Å². The minimum atomic E-state index is -0.492. The third-order valence-corrected chi connectivity index (χ3v) is 5.62. The van der Waals surface area contributed by atoms with Crippen LogP contribution in [0, 0.1) is 13.8 Å². The van der Waals surface area contributed by atoms with Crippen molar-refractivity contribution < 1.29 is 9.53 Å². The zero-order chi connectivity index (χ0) is 22.1. The molecule has 0 bridgehead atoms. The minimum Gasteiger partial charge on any atom is -0.466 e. The average Bonchev–Trinajstić information content (AvgIpc) is 3.20. The highest BCUT2D eigenvalue weighted by atomic mass is 32.1. The van der Waals surface area contributed by atoms with Crippen LogP contribution in [-0.2, 0) is 9.53 Å². The van der Waals surface area contributed by atoms with Gasteiger partial charge in [-0.3, -0.25) is 0 Å². The third-order valence-electron chi connectivity index (χ3n) is 5.40. The molecule has 0 spiro atoms. The summed E-state index contributed by atoms with van der Waals surface area (Å²) in [5.74, 6) is -0.413. The van der Waals surface area contributed by atoms with Crippen LogP contribution in [0.3, 0.4) is 0 Å². The molecule has 0 saturated carbocycles. The van der Waals surface area contributed by atoms with Crippen molar-refractivity contribution in [2.24, 2.45) is 0 Å². The number of nitrogens with zero attached hydrogens (tertiary/aromatic N) is 2. The van der Waals surface area contributed by atoms with Crippen LogP contribution in [0.2, 0.25) is 0 Å². The van der Waals surface area contributed by atoms with Gasteiger partial charge in [-0.1, -0.05) is 35.9 Å². The van der Waals surface area contributed by atoms with Gasteiger partial charge in [-0.2, -0.15) is 5.10 Å². The van der Waals surface area contributed by atoms with Gasteiger partial charge in [-0.05, 0) is 56.8 Å². The molecule has 1 atom stereocenters. The van der Waals surface area contributed by atoms with Crippen LogP contribution in [0.15, 0.2) is 66.0 Å². The standard InChI is InChI=1S/C24H24N4O2S/c1-14-10-11-15(2)18(12-14)21-19(13-28(27-21)17-8-6-5-7-9-17)22-20(23(29)30-4)16(3)25-24(31)26-22/h5-13,22H,1-4H3,(H2,25,26,31). The summed E-state index contributed by atoms with van der Waals surface area (Å²) in [6.45, 7) is 5.94. The molecule has 31 heavy (non-hydrogen) atoms. The Bertz CT molecular complexity index is 1200. The molecular weight excluding hydrogens is 408 g/mol. The van der Waals surface area contributed by atoms with Gasteiger partial charge >= 0.3 is 5.97 Å². The highest BCUT2D eigenvalue weighted by Crippen LogP contribution is 2.36. The summed E-state index contributed by atoms with van der Waals surface area (Å²) >= 11 is 5.41. The Morgan fingerprint density at radius 2 is 1.87 bits per heavy atom. The SMILES string of the molecule is COC(=O)C1=C(C)NC(=S)NC1c1cn(-c2ccccc2)nc1-c1cc(C)ccc1C. The first kappa shape index (κ1) is 20.8. The summed E-state index contributed by atoms with van der Waals surface area (Å²) in [4.78, 5) is 12.7.